The first-order valence-electron chi connectivity index (χ1n) is 7.43. The predicted octanol–water partition coefficient (Wildman–Crippen LogP) is 3.09. The zero-order valence-corrected chi connectivity index (χ0v) is 16.9. The van der Waals surface area contributed by atoms with Crippen LogP contribution in [0, 0.1) is 6.92 Å². The first-order valence-corrected chi connectivity index (χ1v) is 7.43. The number of nitrogens with one attached hydrogen (secondary N) is 2. The number of hydrogen-bond donors (Lipinski definition) is 2. The molecule has 22 heavy (non-hydrogen) atoms. The maximum atomic E-state index is 5.13. The molecule has 0 aliphatic heterocycles. The zero-order chi connectivity index (χ0) is 15.9. The molecule has 1 rings (SSSR count). The predicted molar refractivity (Wildman–Crippen MR) is 105 cm³/mol. The van der Waals surface area contributed by atoms with Gasteiger partial charge in [-0.3, -0.25) is 4.99 Å². The van der Waals surface area contributed by atoms with E-state index < -0.39 is 0 Å². The average Bonchev–Trinajstić information content (AvgIpc) is 2.44. The minimum Gasteiger partial charge on any atom is -0.383 e. The summed E-state index contributed by atoms with van der Waals surface area (Å²) in [6.45, 7) is 10.2. The number of hydrogen-bond acceptors (Lipinski definition) is 2. The van der Waals surface area contributed by atoms with Gasteiger partial charge in [0.25, 0.3) is 0 Å². The molecule has 0 amide bonds. The van der Waals surface area contributed by atoms with Crippen LogP contribution in [0.5, 0.6) is 0 Å². The fraction of sp³-hybridized carbons (Fsp3) is 0.588. The van der Waals surface area contributed by atoms with Crippen molar-refractivity contribution in [2.75, 3.05) is 27.3 Å². The minimum absolute atomic E-state index is 0. The normalized spacial score (nSPS) is 13.3. The van der Waals surface area contributed by atoms with Crippen LogP contribution in [-0.2, 0) is 10.2 Å². The van der Waals surface area contributed by atoms with Gasteiger partial charge in [0.15, 0.2) is 5.96 Å². The molecule has 5 heteroatoms. The lowest BCUT2D eigenvalue weighted by atomic mass is 9.82. The van der Waals surface area contributed by atoms with Crippen LogP contribution < -0.4 is 10.6 Å². The molecule has 1 aromatic carbocycles. The topological polar surface area (TPSA) is 45.7 Å². The largest absolute Gasteiger partial charge is 0.383 e. The Morgan fingerprint density at radius 3 is 2.50 bits per heavy atom. The Morgan fingerprint density at radius 1 is 1.32 bits per heavy atom. The second-order valence-corrected chi connectivity index (χ2v) is 6.13. The van der Waals surface area contributed by atoms with Gasteiger partial charge in [-0.25, -0.2) is 0 Å². The first kappa shape index (κ1) is 21.2. The third kappa shape index (κ3) is 6.52. The lowest BCUT2D eigenvalue weighted by Crippen LogP contribution is -2.47. The van der Waals surface area contributed by atoms with Crippen molar-refractivity contribution in [3.63, 3.8) is 0 Å². The number of ether oxygens (including phenoxy) is 1. The van der Waals surface area contributed by atoms with Crippen molar-refractivity contribution in [2.24, 2.45) is 4.99 Å². The molecule has 0 heterocycles. The second-order valence-electron chi connectivity index (χ2n) is 6.13. The highest BCUT2D eigenvalue weighted by atomic mass is 127. The molecule has 0 radical (unpaired) electrons. The summed E-state index contributed by atoms with van der Waals surface area (Å²) in [5, 5.41) is 6.73. The highest BCUT2D eigenvalue weighted by Crippen LogP contribution is 2.25. The van der Waals surface area contributed by atoms with Gasteiger partial charge in [0.05, 0.1) is 6.61 Å². The fourth-order valence-electron chi connectivity index (χ4n) is 2.45. The van der Waals surface area contributed by atoms with E-state index in [9.17, 15) is 0 Å². The van der Waals surface area contributed by atoms with Gasteiger partial charge in [-0.2, -0.15) is 0 Å². The van der Waals surface area contributed by atoms with Gasteiger partial charge in [-0.15, -0.1) is 24.0 Å². The quantitative estimate of drug-likeness (QED) is 0.423. The van der Waals surface area contributed by atoms with Crippen molar-refractivity contribution in [3.8, 4) is 0 Å². The number of benzene rings is 1. The van der Waals surface area contributed by atoms with E-state index in [4.69, 9.17) is 4.74 Å². The Kier molecular flexibility index (Phi) is 9.67. The molecular formula is C17H30IN3O. The van der Waals surface area contributed by atoms with Crippen molar-refractivity contribution < 1.29 is 4.74 Å². The Bertz CT molecular complexity index is 475. The van der Waals surface area contributed by atoms with Gasteiger partial charge in [0.2, 0.25) is 0 Å². The lowest BCUT2D eigenvalue weighted by molar-refractivity contribution is 0.179. The molecule has 1 atom stereocenters. The molecule has 0 saturated carbocycles. The van der Waals surface area contributed by atoms with Crippen LogP contribution in [0.4, 0.5) is 0 Å². The molecule has 0 fully saturated rings. The molecule has 0 aromatic heterocycles. The van der Waals surface area contributed by atoms with Gasteiger partial charge < -0.3 is 15.4 Å². The average molecular weight is 419 g/mol. The van der Waals surface area contributed by atoms with Crippen molar-refractivity contribution in [2.45, 2.75) is 39.2 Å². The molecule has 4 nitrogen and oxygen atoms in total. The lowest BCUT2D eigenvalue weighted by Gasteiger charge is -2.29. The molecular weight excluding hydrogens is 389 g/mol. The highest BCUT2D eigenvalue weighted by Gasteiger charge is 2.22. The molecule has 2 N–H and O–H groups in total. The Hall–Kier alpha value is -0.820. The van der Waals surface area contributed by atoms with Gasteiger partial charge in [-0.05, 0) is 25.0 Å². The number of guanidine groups is 1. The van der Waals surface area contributed by atoms with Crippen molar-refractivity contribution in [3.05, 3.63) is 35.4 Å². The summed E-state index contributed by atoms with van der Waals surface area (Å²) in [5.41, 5.74) is 2.71. The summed E-state index contributed by atoms with van der Waals surface area (Å²) in [6.07, 6.45) is 0. The van der Waals surface area contributed by atoms with Crippen LogP contribution in [0.3, 0.4) is 0 Å². The van der Waals surface area contributed by atoms with Crippen LogP contribution in [-0.4, -0.2) is 39.3 Å². The van der Waals surface area contributed by atoms with Gasteiger partial charge in [0, 0.05) is 32.2 Å². The van der Waals surface area contributed by atoms with E-state index in [0.717, 1.165) is 12.5 Å². The Morgan fingerprint density at radius 2 is 1.95 bits per heavy atom. The molecule has 1 unspecified atom stereocenters. The van der Waals surface area contributed by atoms with Crippen LogP contribution in [0.2, 0.25) is 0 Å². The van der Waals surface area contributed by atoms with Gasteiger partial charge >= 0.3 is 0 Å². The number of aliphatic imine (C=N–C) groups is 1. The molecule has 126 valence electrons. The Balaban J connectivity index is 0.00000441. The number of aryl methyl sites for hydroxylation is 1. The van der Waals surface area contributed by atoms with Crippen LogP contribution in [0.15, 0.2) is 29.3 Å². The van der Waals surface area contributed by atoms with E-state index in [-0.39, 0.29) is 35.4 Å². The van der Waals surface area contributed by atoms with E-state index in [1.807, 2.05) is 0 Å². The fourth-order valence-corrected chi connectivity index (χ4v) is 2.45. The van der Waals surface area contributed by atoms with E-state index in [0.29, 0.717) is 6.61 Å². The van der Waals surface area contributed by atoms with E-state index >= 15 is 0 Å². The number of halogens is 1. The molecule has 0 aliphatic carbocycles. The third-order valence-electron chi connectivity index (χ3n) is 3.60. The van der Waals surface area contributed by atoms with Gasteiger partial charge in [-0.1, -0.05) is 38.1 Å². The highest BCUT2D eigenvalue weighted by molar-refractivity contribution is 14.0. The number of nitrogens with zero attached hydrogens (tertiary/aromatic N) is 1. The first-order chi connectivity index (χ1) is 9.90. The SMILES string of the molecule is CN=C(NCC(C)(C)c1ccccc1C)NC(C)COC.I. The summed E-state index contributed by atoms with van der Waals surface area (Å²) in [6, 6.07) is 8.75. The van der Waals surface area contributed by atoms with Crippen LogP contribution >= 0.6 is 24.0 Å². The maximum Gasteiger partial charge on any atom is 0.191 e. The smallest absolute Gasteiger partial charge is 0.191 e. The van der Waals surface area contributed by atoms with E-state index in [1.165, 1.54) is 11.1 Å². The summed E-state index contributed by atoms with van der Waals surface area (Å²) in [5.74, 6) is 0.807. The summed E-state index contributed by atoms with van der Waals surface area (Å²) in [7, 11) is 3.49. The van der Waals surface area contributed by atoms with Crippen molar-refractivity contribution in [1.82, 2.24) is 10.6 Å². The van der Waals surface area contributed by atoms with E-state index in [1.54, 1.807) is 14.2 Å². The van der Waals surface area contributed by atoms with Crippen molar-refractivity contribution in [1.29, 1.82) is 0 Å². The number of methoxy groups -OCH3 is 1. The second kappa shape index (κ2) is 10.0. The summed E-state index contributed by atoms with van der Waals surface area (Å²) < 4.78 is 5.13. The Labute approximate surface area is 152 Å². The summed E-state index contributed by atoms with van der Waals surface area (Å²) in [4.78, 5) is 4.27. The van der Waals surface area contributed by atoms with Gasteiger partial charge in [0.1, 0.15) is 0 Å². The molecule has 0 aliphatic rings. The number of rotatable bonds is 6. The monoisotopic (exact) mass is 419 g/mol. The third-order valence-corrected chi connectivity index (χ3v) is 3.60. The molecule has 0 spiro atoms. The minimum atomic E-state index is 0. The maximum absolute atomic E-state index is 5.13. The van der Waals surface area contributed by atoms with Crippen LogP contribution in [0.25, 0.3) is 0 Å². The standard InChI is InChI=1S/C17H29N3O.HI/c1-13-9-7-8-10-15(13)17(3,4)12-19-16(18-5)20-14(2)11-21-6;/h7-10,14H,11-12H2,1-6H3,(H2,18,19,20);1H. The molecule has 1 aromatic rings. The molecule has 0 bridgehead atoms. The van der Waals surface area contributed by atoms with E-state index in [2.05, 4.69) is 67.6 Å². The summed E-state index contributed by atoms with van der Waals surface area (Å²) >= 11 is 0. The zero-order valence-electron chi connectivity index (χ0n) is 14.6. The molecule has 0 saturated heterocycles. The van der Waals surface area contributed by atoms with Crippen molar-refractivity contribution >= 4 is 29.9 Å². The van der Waals surface area contributed by atoms with Crippen LogP contribution in [0.1, 0.15) is 31.9 Å².